The predicted octanol–water partition coefficient (Wildman–Crippen LogP) is 17.5. The number of aromatic nitrogens is 1. The van der Waals surface area contributed by atoms with Crippen LogP contribution in [0.2, 0.25) is 0 Å². The predicted molar refractivity (Wildman–Crippen MR) is 277 cm³/mol. The first-order chi connectivity index (χ1) is 32.5. The highest BCUT2D eigenvalue weighted by Crippen LogP contribution is 2.52. The molecule has 0 spiro atoms. The van der Waals surface area contributed by atoms with E-state index in [4.69, 9.17) is 4.42 Å². The van der Waals surface area contributed by atoms with Gasteiger partial charge in [0.15, 0.2) is 0 Å². The molecule has 2 heterocycles. The molecule has 3 heteroatoms. The van der Waals surface area contributed by atoms with Gasteiger partial charge < -0.3 is 13.9 Å². The van der Waals surface area contributed by atoms with Gasteiger partial charge in [-0.1, -0.05) is 184 Å². The maximum absolute atomic E-state index is 7.11. The number of rotatable bonds is 7. The fraction of sp³-hybridized carbons (Fsp3) is 0.0476. The number of benzene rings is 10. The van der Waals surface area contributed by atoms with Gasteiger partial charge in [-0.2, -0.15) is 0 Å². The Morgan fingerprint density at radius 1 is 0.394 bits per heavy atom. The first-order valence-electron chi connectivity index (χ1n) is 22.8. The van der Waals surface area contributed by atoms with E-state index in [1.807, 2.05) is 0 Å². The lowest BCUT2D eigenvalue weighted by molar-refractivity contribution is 0.660. The zero-order valence-corrected chi connectivity index (χ0v) is 36.7. The summed E-state index contributed by atoms with van der Waals surface area (Å²) in [4.78, 5) is 2.46. The van der Waals surface area contributed by atoms with Crippen molar-refractivity contribution >= 4 is 60.8 Å². The largest absolute Gasteiger partial charge is 0.455 e. The average Bonchev–Trinajstić information content (AvgIpc) is 4.00. The third-order valence-electron chi connectivity index (χ3n) is 14.0. The zero-order chi connectivity index (χ0) is 43.9. The molecule has 0 amide bonds. The Morgan fingerprint density at radius 3 is 1.80 bits per heavy atom. The number of hydrogen-bond acceptors (Lipinski definition) is 2. The molecule has 1 aliphatic rings. The Labute approximate surface area is 384 Å². The molecule has 0 atom stereocenters. The number of anilines is 3. The van der Waals surface area contributed by atoms with Gasteiger partial charge in [-0.25, -0.2) is 0 Å². The second kappa shape index (κ2) is 14.8. The SMILES string of the molecule is CC1(C)c2ccccc2-c2ccc(-c3cccc(N(c4ccccc4-c4ccccc4)c4ccc5c(oc6ccccc65)c4-c4ccccc4-n4c5ccccc5c5ccccc54)c3)cc21. The number of furan rings is 1. The minimum Gasteiger partial charge on any atom is -0.455 e. The maximum Gasteiger partial charge on any atom is 0.145 e. The molecule has 10 aromatic carbocycles. The van der Waals surface area contributed by atoms with Crippen molar-refractivity contribution < 1.29 is 4.42 Å². The van der Waals surface area contributed by atoms with E-state index >= 15 is 0 Å². The van der Waals surface area contributed by atoms with Crippen LogP contribution in [0, 0.1) is 0 Å². The van der Waals surface area contributed by atoms with Gasteiger partial charge in [0.1, 0.15) is 11.2 Å². The molecule has 0 N–H and O–H groups in total. The Bertz CT molecular complexity index is 3820. The van der Waals surface area contributed by atoms with Gasteiger partial charge in [0.25, 0.3) is 0 Å². The van der Waals surface area contributed by atoms with Crippen LogP contribution in [0.3, 0.4) is 0 Å². The summed E-state index contributed by atoms with van der Waals surface area (Å²) in [5.74, 6) is 0. The van der Waals surface area contributed by atoms with Crippen molar-refractivity contribution in [1.82, 2.24) is 4.57 Å². The maximum atomic E-state index is 7.11. The van der Waals surface area contributed by atoms with Crippen molar-refractivity contribution in [3.8, 4) is 50.2 Å². The summed E-state index contributed by atoms with van der Waals surface area (Å²) in [6.45, 7) is 4.71. The highest BCUT2D eigenvalue weighted by Gasteiger charge is 2.35. The number of hydrogen-bond donors (Lipinski definition) is 0. The summed E-state index contributed by atoms with van der Waals surface area (Å²) in [6.07, 6.45) is 0. The lowest BCUT2D eigenvalue weighted by atomic mass is 9.81. The Hall–Kier alpha value is -8.40. The van der Waals surface area contributed by atoms with Gasteiger partial charge in [-0.05, 0) is 99.6 Å². The topological polar surface area (TPSA) is 21.3 Å². The molecular weight excluding hydrogens is 801 g/mol. The lowest BCUT2D eigenvalue weighted by Gasteiger charge is -2.31. The molecule has 0 saturated heterocycles. The standard InChI is InChI=1S/C63H44N2O/c1-63(2)53-29-12-6-24-46(53)47-36-35-43(40-54(47)63)42-21-18-22-44(39-42)64(55-30-13-7-23-45(55)41-19-4-3-5-20-41)59-38-37-51-50-27-11-17-34-60(50)66-62(51)61(59)52-28-10-16-33-58(52)65-56-31-14-8-25-48(56)49-26-9-15-32-57(49)65/h3-40H,1-2H3. The minimum absolute atomic E-state index is 0.110. The molecular formula is C63H44N2O. The number of nitrogens with zero attached hydrogens (tertiary/aromatic N) is 2. The molecule has 0 saturated carbocycles. The monoisotopic (exact) mass is 844 g/mol. The van der Waals surface area contributed by atoms with Gasteiger partial charge in [0.2, 0.25) is 0 Å². The molecule has 1 aliphatic carbocycles. The number of para-hydroxylation sites is 5. The van der Waals surface area contributed by atoms with Crippen molar-refractivity contribution in [3.05, 3.63) is 242 Å². The van der Waals surface area contributed by atoms with Crippen LogP contribution in [0.4, 0.5) is 17.1 Å². The van der Waals surface area contributed by atoms with E-state index in [1.54, 1.807) is 0 Å². The third-order valence-corrected chi connectivity index (χ3v) is 14.0. The molecule has 13 rings (SSSR count). The van der Waals surface area contributed by atoms with Gasteiger partial charge in [-0.3, -0.25) is 0 Å². The molecule has 12 aromatic rings. The molecule has 3 nitrogen and oxygen atoms in total. The lowest BCUT2D eigenvalue weighted by Crippen LogP contribution is -2.15. The fourth-order valence-corrected chi connectivity index (χ4v) is 10.9. The van der Waals surface area contributed by atoms with E-state index in [0.717, 1.165) is 83.5 Å². The summed E-state index contributed by atoms with van der Waals surface area (Å²) < 4.78 is 9.54. The average molecular weight is 845 g/mol. The van der Waals surface area contributed by atoms with Crippen LogP contribution in [0.15, 0.2) is 235 Å². The van der Waals surface area contributed by atoms with E-state index in [2.05, 4.69) is 254 Å². The van der Waals surface area contributed by atoms with E-state index < -0.39 is 0 Å². The first-order valence-corrected chi connectivity index (χ1v) is 22.8. The highest BCUT2D eigenvalue weighted by atomic mass is 16.3. The van der Waals surface area contributed by atoms with Crippen LogP contribution in [-0.4, -0.2) is 4.57 Å². The second-order valence-electron chi connectivity index (χ2n) is 18.0. The van der Waals surface area contributed by atoms with Crippen LogP contribution in [-0.2, 0) is 5.41 Å². The summed E-state index contributed by atoms with van der Waals surface area (Å²) in [5, 5.41) is 4.61. The molecule has 0 radical (unpaired) electrons. The molecule has 66 heavy (non-hydrogen) atoms. The second-order valence-corrected chi connectivity index (χ2v) is 18.0. The van der Waals surface area contributed by atoms with Crippen molar-refractivity contribution in [2.45, 2.75) is 19.3 Å². The number of fused-ring (bicyclic) bond motifs is 9. The van der Waals surface area contributed by atoms with Crippen molar-refractivity contribution in [2.75, 3.05) is 4.90 Å². The molecule has 0 bridgehead atoms. The van der Waals surface area contributed by atoms with Crippen LogP contribution in [0.1, 0.15) is 25.0 Å². The van der Waals surface area contributed by atoms with Crippen LogP contribution < -0.4 is 4.90 Å². The summed E-state index contributed by atoms with van der Waals surface area (Å²) in [5.41, 5.74) is 20.2. The van der Waals surface area contributed by atoms with E-state index in [1.165, 1.54) is 38.6 Å². The van der Waals surface area contributed by atoms with E-state index in [-0.39, 0.29) is 5.41 Å². The smallest absolute Gasteiger partial charge is 0.145 e. The van der Waals surface area contributed by atoms with E-state index in [9.17, 15) is 0 Å². The van der Waals surface area contributed by atoms with Crippen molar-refractivity contribution in [3.63, 3.8) is 0 Å². The summed E-state index contributed by atoms with van der Waals surface area (Å²) in [6, 6.07) is 83.9. The first kappa shape index (κ1) is 38.1. The van der Waals surface area contributed by atoms with Gasteiger partial charge in [0, 0.05) is 43.8 Å². The van der Waals surface area contributed by atoms with Crippen LogP contribution >= 0.6 is 0 Å². The van der Waals surface area contributed by atoms with Gasteiger partial charge in [-0.15, -0.1) is 0 Å². The molecule has 2 aromatic heterocycles. The summed E-state index contributed by atoms with van der Waals surface area (Å²) in [7, 11) is 0. The Morgan fingerprint density at radius 2 is 1.00 bits per heavy atom. The normalized spacial score (nSPS) is 12.8. The van der Waals surface area contributed by atoms with Crippen LogP contribution in [0.25, 0.3) is 93.9 Å². The molecule has 0 aliphatic heterocycles. The van der Waals surface area contributed by atoms with E-state index in [0.29, 0.717) is 0 Å². The fourth-order valence-electron chi connectivity index (χ4n) is 10.9. The summed E-state index contributed by atoms with van der Waals surface area (Å²) >= 11 is 0. The highest BCUT2D eigenvalue weighted by molar-refractivity contribution is 6.15. The molecule has 312 valence electrons. The Kier molecular flexibility index (Phi) is 8.56. The van der Waals surface area contributed by atoms with Gasteiger partial charge in [0.05, 0.1) is 33.7 Å². The van der Waals surface area contributed by atoms with Gasteiger partial charge >= 0.3 is 0 Å². The molecule has 0 unspecified atom stereocenters. The Balaban J connectivity index is 1.10. The quantitative estimate of drug-likeness (QED) is 0.159. The van der Waals surface area contributed by atoms with Crippen molar-refractivity contribution in [2.24, 2.45) is 0 Å². The third kappa shape index (κ3) is 5.76. The minimum atomic E-state index is -0.110. The van der Waals surface area contributed by atoms with Crippen molar-refractivity contribution in [1.29, 1.82) is 0 Å². The molecule has 0 fully saturated rings. The zero-order valence-electron chi connectivity index (χ0n) is 36.7. The van der Waals surface area contributed by atoms with Crippen LogP contribution in [0.5, 0.6) is 0 Å².